The van der Waals surface area contributed by atoms with E-state index in [1.165, 1.54) is 30.2 Å². The third kappa shape index (κ3) is 3.85. The number of ether oxygens (including phenoxy) is 2. The number of anilines is 1. The van der Waals surface area contributed by atoms with Crippen LogP contribution in [0, 0.1) is 10.1 Å². The lowest BCUT2D eigenvalue weighted by atomic mass is 10.1. The lowest BCUT2D eigenvalue weighted by molar-refractivity contribution is -0.384. The molecule has 0 unspecified atom stereocenters. The third-order valence-corrected chi connectivity index (χ3v) is 3.95. The Morgan fingerprint density at radius 1 is 1.23 bits per heavy atom. The minimum atomic E-state index is -0.526. The number of carbonyl (C=O) groups is 1. The Labute approximate surface area is 151 Å². The van der Waals surface area contributed by atoms with E-state index in [4.69, 9.17) is 9.47 Å². The van der Waals surface area contributed by atoms with Gasteiger partial charge in [0.1, 0.15) is 0 Å². The van der Waals surface area contributed by atoms with E-state index in [1.807, 2.05) is 6.07 Å². The van der Waals surface area contributed by atoms with Gasteiger partial charge in [-0.1, -0.05) is 12.1 Å². The molecule has 0 radical (unpaired) electrons. The topological polar surface area (TPSA) is 93.9 Å². The zero-order chi connectivity index (χ0) is 19.3. The summed E-state index contributed by atoms with van der Waals surface area (Å²) in [5, 5.41) is 13.9. The number of nitrogens with one attached hydrogen (secondary N) is 1. The molecule has 0 aromatic heterocycles. The number of para-hydroxylation sites is 1. The molecule has 0 aliphatic heterocycles. The average molecular weight is 359 g/mol. The molecule has 0 spiro atoms. The predicted octanol–water partition coefficient (Wildman–Crippen LogP) is 2.93. The Bertz CT molecular complexity index is 822. The minimum absolute atomic E-state index is 0.139. The summed E-state index contributed by atoms with van der Waals surface area (Å²) in [5.74, 6) is 0.766. The van der Waals surface area contributed by atoms with Crippen LogP contribution in [0.2, 0.25) is 0 Å². The van der Waals surface area contributed by atoms with Crippen LogP contribution in [0.4, 0.5) is 11.4 Å². The standard InChI is InChI=1S/C18H21N3O5/c1-19-15-9-8-13(21(23)24)10-14(15)18(22)20(2)11-12-6-5-7-16(25-3)17(12)26-4/h5-10,19H,11H2,1-4H3. The van der Waals surface area contributed by atoms with Crippen molar-refractivity contribution in [2.24, 2.45) is 0 Å². The van der Waals surface area contributed by atoms with Crippen molar-refractivity contribution in [3.05, 3.63) is 57.6 Å². The van der Waals surface area contributed by atoms with Crippen molar-refractivity contribution in [2.45, 2.75) is 6.54 Å². The lowest BCUT2D eigenvalue weighted by Crippen LogP contribution is -2.27. The zero-order valence-corrected chi connectivity index (χ0v) is 15.1. The van der Waals surface area contributed by atoms with Crippen LogP contribution < -0.4 is 14.8 Å². The number of methoxy groups -OCH3 is 2. The van der Waals surface area contributed by atoms with Gasteiger partial charge in [-0.05, 0) is 12.1 Å². The maximum Gasteiger partial charge on any atom is 0.270 e. The molecule has 1 amide bonds. The molecule has 2 rings (SSSR count). The van der Waals surface area contributed by atoms with Crippen molar-refractivity contribution >= 4 is 17.3 Å². The summed E-state index contributed by atoms with van der Waals surface area (Å²) in [7, 11) is 6.35. The van der Waals surface area contributed by atoms with Gasteiger partial charge in [0.05, 0.1) is 24.7 Å². The maximum atomic E-state index is 12.8. The highest BCUT2D eigenvalue weighted by molar-refractivity contribution is 6.00. The second kappa shape index (κ2) is 8.19. The van der Waals surface area contributed by atoms with Crippen molar-refractivity contribution in [3.8, 4) is 11.5 Å². The highest BCUT2D eigenvalue weighted by Gasteiger charge is 2.21. The molecule has 2 aromatic rings. The van der Waals surface area contributed by atoms with E-state index in [2.05, 4.69) is 5.32 Å². The van der Waals surface area contributed by atoms with E-state index < -0.39 is 4.92 Å². The maximum absolute atomic E-state index is 12.8. The van der Waals surface area contributed by atoms with Crippen LogP contribution in [0.5, 0.6) is 11.5 Å². The van der Waals surface area contributed by atoms with E-state index in [-0.39, 0.29) is 23.7 Å². The number of hydrogen-bond acceptors (Lipinski definition) is 6. The third-order valence-electron chi connectivity index (χ3n) is 3.95. The monoisotopic (exact) mass is 359 g/mol. The van der Waals surface area contributed by atoms with Crippen LogP contribution in [-0.2, 0) is 6.54 Å². The second-order valence-corrected chi connectivity index (χ2v) is 5.55. The van der Waals surface area contributed by atoms with Crippen LogP contribution in [0.3, 0.4) is 0 Å². The smallest absolute Gasteiger partial charge is 0.270 e. The van der Waals surface area contributed by atoms with Gasteiger partial charge < -0.3 is 19.7 Å². The van der Waals surface area contributed by atoms with E-state index >= 15 is 0 Å². The Balaban J connectivity index is 2.34. The van der Waals surface area contributed by atoms with Gasteiger partial charge in [-0.15, -0.1) is 0 Å². The Morgan fingerprint density at radius 2 is 1.96 bits per heavy atom. The zero-order valence-electron chi connectivity index (χ0n) is 15.1. The summed E-state index contributed by atoms with van der Waals surface area (Å²) in [6.07, 6.45) is 0. The van der Waals surface area contributed by atoms with Gasteiger partial charge in [0, 0.05) is 44.0 Å². The Kier molecular flexibility index (Phi) is 6.00. The predicted molar refractivity (Wildman–Crippen MR) is 98.0 cm³/mol. The van der Waals surface area contributed by atoms with Crippen molar-refractivity contribution in [3.63, 3.8) is 0 Å². The molecular weight excluding hydrogens is 338 g/mol. The van der Waals surface area contributed by atoms with Crippen LogP contribution in [0.25, 0.3) is 0 Å². The summed E-state index contributed by atoms with van der Waals surface area (Å²) >= 11 is 0. The van der Waals surface area contributed by atoms with Crippen LogP contribution in [0.1, 0.15) is 15.9 Å². The first-order chi connectivity index (χ1) is 12.4. The molecule has 138 valence electrons. The molecule has 0 heterocycles. The molecule has 0 saturated heterocycles. The number of amides is 1. The summed E-state index contributed by atoms with van der Waals surface area (Å²) in [6, 6.07) is 9.55. The summed E-state index contributed by atoms with van der Waals surface area (Å²) < 4.78 is 10.7. The van der Waals surface area contributed by atoms with Crippen molar-refractivity contribution in [2.75, 3.05) is 33.6 Å². The molecular formula is C18H21N3O5. The number of non-ortho nitro benzene ring substituents is 1. The van der Waals surface area contributed by atoms with Gasteiger partial charge in [0.2, 0.25) is 0 Å². The number of hydrogen-bond donors (Lipinski definition) is 1. The average Bonchev–Trinajstić information content (AvgIpc) is 2.66. The first-order valence-electron chi connectivity index (χ1n) is 7.84. The van der Waals surface area contributed by atoms with Gasteiger partial charge >= 0.3 is 0 Å². The van der Waals surface area contributed by atoms with E-state index in [1.54, 1.807) is 33.3 Å². The van der Waals surface area contributed by atoms with Crippen molar-refractivity contribution in [1.29, 1.82) is 0 Å². The number of benzene rings is 2. The van der Waals surface area contributed by atoms with Crippen LogP contribution in [0.15, 0.2) is 36.4 Å². The number of carbonyl (C=O) groups excluding carboxylic acids is 1. The number of rotatable bonds is 7. The molecule has 0 aliphatic carbocycles. The number of nitrogens with zero attached hydrogens (tertiary/aromatic N) is 2. The van der Waals surface area contributed by atoms with E-state index in [0.717, 1.165) is 5.56 Å². The van der Waals surface area contributed by atoms with E-state index in [0.29, 0.717) is 17.2 Å². The van der Waals surface area contributed by atoms with Gasteiger partial charge in [0.25, 0.3) is 11.6 Å². The van der Waals surface area contributed by atoms with Gasteiger partial charge in [-0.2, -0.15) is 0 Å². The largest absolute Gasteiger partial charge is 0.493 e. The fourth-order valence-corrected chi connectivity index (χ4v) is 2.65. The normalized spacial score (nSPS) is 10.2. The molecule has 8 heteroatoms. The first-order valence-corrected chi connectivity index (χ1v) is 7.84. The van der Waals surface area contributed by atoms with Gasteiger partial charge in [0.15, 0.2) is 11.5 Å². The fourth-order valence-electron chi connectivity index (χ4n) is 2.65. The van der Waals surface area contributed by atoms with Crippen molar-refractivity contribution < 1.29 is 19.2 Å². The quantitative estimate of drug-likeness (QED) is 0.603. The molecule has 0 atom stereocenters. The van der Waals surface area contributed by atoms with E-state index in [9.17, 15) is 14.9 Å². The summed E-state index contributed by atoms with van der Waals surface area (Å²) in [6.45, 7) is 0.255. The number of nitro benzene ring substituents is 1. The highest BCUT2D eigenvalue weighted by Crippen LogP contribution is 2.32. The molecule has 1 N–H and O–H groups in total. The van der Waals surface area contributed by atoms with Crippen molar-refractivity contribution in [1.82, 2.24) is 4.90 Å². The van der Waals surface area contributed by atoms with Crippen LogP contribution >= 0.6 is 0 Å². The van der Waals surface area contributed by atoms with Gasteiger partial charge in [-0.25, -0.2) is 0 Å². The highest BCUT2D eigenvalue weighted by atomic mass is 16.6. The molecule has 2 aromatic carbocycles. The van der Waals surface area contributed by atoms with Crippen LogP contribution in [-0.4, -0.2) is 44.0 Å². The molecule has 0 saturated carbocycles. The second-order valence-electron chi connectivity index (χ2n) is 5.55. The Morgan fingerprint density at radius 3 is 2.54 bits per heavy atom. The SMILES string of the molecule is CNc1ccc([N+](=O)[O-])cc1C(=O)N(C)Cc1cccc(OC)c1OC. The molecule has 26 heavy (non-hydrogen) atoms. The fraction of sp³-hybridized carbons (Fsp3) is 0.278. The van der Waals surface area contributed by atoms with Gasteiger partial charge in [-0.3, -0.25) is 14.9 Å². The molecule has 0 aliphatic rings. The minimum Gasteiger partial charge on any atom is -0.493 e. The molecule has 8 nitrogen and oxygen atoms in total. The first kappa shape index (κ1) is 19.0. The molecule has 0 fully saturated rings. The lowest BCUT2D eigenvalue weighted by Gasteiger charge is -2.21. The summed E-state index contributed by atoms with van der Waals surface area (Å²) in [5.41, 5.74) is 1.37. The number of nitro groups is 1. The molecule has 0 bridgehead atoms. The summed E-state index contributed by atoms with van der Waals surface area (Å²) in [4.78, 5) is 24.8. The Hall–Kier alpha value is -3.29.